The average molecular weight is 275 g/mol. The molecule has 0 fully saturated rings. The molecule has 0 aliphatic heterocycles. The Labute approximate surface area is 120 Å². The summed E-state index contributed by atoms with van der Waals surface area (Å²) >= 11 is 5.94. The van der Waals surface area contributed by atoms with Gasteiger partial charge in [0, 0.05) is 22.5 Å². The Morgan fingerprint density at radius 2 is 1.84 bits per heavy atom. The second-order valence-electron chi connectivity index (χ2n) is 4.91. The first-order valence-electron chi connectivity index (χ1n) is 6.51. The zero-order valence-electron chi connectivity index (χ0n) is 11.4. The second-order valence-corrected chi connectivity index (χ2v) is 5.35. The first kappa shape index (κ1) is 14.0. The minimum atomic E-state index is 0.766. The quantitative estimate of drug-likeness (QED) is 0.822. The van der Waals surface area contributed by atoms with E-state index in [1.54, 1.807) is 0 Å². The van der Waals surface area contributed by atoms with Gasteiger partial charge in [-0.2, -0.15) is 0 Å². The molecule has 0 unspecified atom stereocenters. The van der Waals surface area contributed by atoms with Gasteiger partial charge in [-0.3, -0.25) is 4.98 Å². The van der Waals surface area contributed by atoms with E-state index >= 15 is 0 Å². The van der Waals surface area contributed by atoms with E-state index in [9.17, 15) is 0 Å². The van der Waals surface area contributed by atoms with Crippen molar-refractivity contribution in [3.8, 4) is 11.1 Å². The van der Waals surface area contributed by atoms with Gasteiger partial charge < -0.3 is 4.90 Å². The lowest BCUT2D eigenvalue weighted by molar-refractivity contribution is 0.399. The Morgan fingerprint density at radius 3 is 2.53 bits per heavy atom. The van der Waals surface area contributed by atoms with Crippen molar-refractivity contribution < 1.29 is 0 Å². The topological polar surface area (TPSA) is 16.1 Å². The summed E-state index contributed by atoms with van der Waals surface area (Å²) in [5, 5.41) is 0.766. The van der Waals surface area contributed by atoms with Gasteiger partial charge >= 0.3 is 0 Å². The number of nitrogens with zero attached hydrogens (tertiary/aromatic N) is 2. The van der Waals surface area contributed by atoms with E-state index in [0.717, 1.165) is 30.1 Å². The van der Waals surface area contributed by atoms with E-state index in [2.05, 4.69) is 42.2 Å². The number of aromatic nitrogens is 1. The fourth-order valence-corrected chi connectivity index (χ4v) is 2.22. The summed E-state index contributed by atoms with van der Waals surface area (Å²) in [6.45, 7) is 1.08. The van der Waals surface area contributed by atoms with Gasteiger partial charge in [0.2, 0.25) is 0 Å². The normalized spacial score (nSPS) is 10.9. The van der Waals surface area contributed by atoms with E-state index < -0.39 is 0 Å². The highest BCUT2D eigenvalue weighted by Crippen LogP contribution is 2.24. The van der Waals surface area contributed by atoms with Crippen LogP contribution < -0.4 is 0 Å². The van der Waals surface area contributed by atoms with Gasteiger partial charge in [0.1, 0.15) is 0 Å². The van der Waals surface area contributed by atoms with E-state index in [4.69, 9.17) is 11.6 Å². The molecule has 0 aliphatic carbocycles. The molecule has 3 heteroatoms. The summed E-state index contributed by atoms with van der Waals surface area (Å²) in [5.41, 5.74) is 3.54. The number of rotatable bonds is 5. The van der Waals surface area contributed by atoms with Crippen LogP contribution in [-0.2, 0) is 6.42 Å². The van der Waals surface area contributed by atoms with E-state index in [0.29, 0.717) is 0 Å². The molecule has 100 valence electrons. The first-order valence-corrected chi connectivity index (χ1v) is 6.89. The maximum atomic E-state index is 5.94. The molecule has 0 saturated carbocycles. The van der Waals surface area contributed by atoms with Crippen LogP contribution in [0.5, 0.6) is 0 Å². The Kier molecular flexibility index (Phi) is 4.94. The van der Waals surface area contributed by atoms with Crippen molar-refractivity contribution in [2.45, 2.75) is 12.8 Å². The molecule has 0 radical (unpaired) electrons. The molecule has 1 heterocycles. The number of hydrogen-bond donors (Lipinski definition) is 0. The molecule has 2 aromatic rings. The Balaban J connectivity index is 2.18. The average Bonchev–Trinajstić information content (AvgIpc) is 2.40. The molecular weight excluding hydrogens is 256 g/mol. The maximum absolute atomic E-state index is 5.94. The monoisotopic (exact) mass is 274 g/mol. The van der Waals surface area contributed by atoms with Crippen LogP contribution in [0.15, 0.2) is 42.6 Å². The third-order valence-electron chi connectivity index (χ3n) is 3.06. The Bertz CT molecular complexity index is 521. The van der Waals surface area contributed by atoms with Gasteiger partial charge in [-0.05, 0) is 57.2 Å². The van der Waals surface area contributed by atoms with E-state index in [-0.39, 0.29) is 0 Å². The Hall–Kier alpha value is -1.38. The van der Waals surface area contributed by atoms with Crippen LogP contribution in [-0.4, -0.2) is 30.5 Å². The first-order chi connectivity index (χ1) is 9.16. The number of aryl methyl sites for hydroxylation is 1. The predicted molar refractivity (Wildman–Crippen MR) is 81.6 cm³/mol. The van der Waals surface area contributed by atoms with Crippen molar-refractivity contribution in [2.75, 3.05) is 20.6 Å². The fraction of sp³-hybridized carbons (Fsp3) is 0.312. The lowest BCUT2D eigenvalue weighted by atomic mass is 10.0. The van der Waals surface area contributed by atoms with Crippen LogP contribution in [0.2, 0.25) is 5.02 Å². The van der Waals surface area contributed by atoms with Crippen LogP contribution in [0.4, 0.5) is 0 Å². The largest absolute Gasteiger partial charge is 0.309 e. The lowest BCUT2D eigenvalue weighted by Gasteiger charge is -2.11. The van der Waals surface area contributed by atoms with E-state index in [1.807, 2.05) is 24.4 Å². The van der Waals surface area contributed by atoms with Gasteiger partial charge in [0.25, 0.3) is 0 Å². The second kappa shape index (κ2) is 6.69. The van der Waals surface area contributed by atoms with Crippen LogP contribution >= 0.6 is 11.6 Å². The summed E-state index contributed by atoms with van der Waals surface area (Å²) in [7, 11) is 4.19. The number of benzene rings is 1. The molecule has 0 atom stereocenters. The highest BCUT2D eigenvalue weighted by Gasteiger charge is 2.06. The van der Waals surface area contributed by atoms with Crippen molar-refractivity contribution in [3.63, 3.8) is 0 Å². The zero-order valence-corrected chi connectivity index (χ0v) is 12.2. The molecular formula is C16H19ClN2. The summed E-state index contributed by atoms with van der Waals surface area (Å²) in [6, 6.07) is 12.1. The summed E-state index contributed by atoms with van der Waals surface area (Å²) in [4.78, 5) is 6.72. The molecule has 1 aromatic carbocycles. The Morgan fingerprint density at radius 1 is 1.11 bits per heavy atom. The highest BCUT2D eigenvalue weighted by atomic mass is 35.5. The SMILES string of the molecule is CN(C)CCCc1ncccc1-c1ccc(Cl)cc1. The van der Waals surface area contributed by atoms with Crippen LogP contribution in [0, 0.1) is 0 Å². The summed E-state index contributed by atoms with van der Waals surface area (Å²) in [6.07, 6.45) is 3.98. The van der Waals surface area contributed by atoms with Gasteiger partial charge in [0.05, 0.1) is 0 Å². The van der Waals surface area contributed by atoms with Crippen LogP contribution in [0.3, 0.4) is 0 Å². The molecule has 0 N–H and O–H groups in total. The summed E-state index contributed by atoms with van der Waals surface area (Å²) in [5.74, 6) is 0. The molecule has 19 heavy (non-hydrogen) atoms. The van der Waals surface area contributed by atoms with Gasteiger partial charge in [-0.25, -0.2) is 0 Å². The van der Waals surface area contributed by atoms with Crippen molar-refractivity contribution in [1.82, 2.24) is 9.88 Å². The van der Waals surface area contributed by atoms with Crippen molar-refractivity contribution >= 4 is 11.6 Å². The number of hydrogen-bond acceptors (Lipinski definition) is 2. The molecule has 0 amide bonds. The van der Waals surface area contributed by atoms with Crippen LogP contribution in [0.1, 0.15) is 12.1 Å². The van der Waals surface area contributed by atoms with Gasteiger partial charge in [-0.1, -0.05) is 29.8 Å². The van der Waals surface area contributed by atoms with Crippen molar-refractivity contribution in [1.29, 1.82) is 0 Å². The molecule has 2 nitrogen and oxygen atoms in total. The molecule has 1 aromatic heterocycles. The molecule has 2 rings (SSSR count). The smallest absolute Gasteiger partial charge is 0.0482 e. The van der Waals surface area contributed by atoms with Gasteiger partial charge in [-0.15, -0.1) is 0 Å². The maximum Gasteiger partial charge on any atom is 0.0482 e. The molecule has 0 aliphatic rings. The zero-order chi connectivity index (χ0) is 13.7. The highest BCUT2D eigenvalue weighted by molar-refractivity contribution is 6.30. The third-order valence-corrected chi connectivity index (χ3v) is 3.32. The number of pyridine rings is 1. The van der Waals surface area contributed by atoms with Gasteiger partial charge in [0.15, 0.2) is 0 Å². The van der Waals surface area contributed by atoms with Crippen LogP contribution in [0.25, 0.3) is 11.1 Å². The molecule has 0 spiro atoms. The lowest BCUT2D eigenvalue weighted by Crippen LogP contribution is -2.13. The summed E-state index contributed by atoms with van der Waals surface area (Å²) < 4.78 is 0. The minimum absolute atomic E-state index is 0.766. The third kappa shape index (κ3) is 4.05. The predicted octanol–water partition coefficient (Wildman–Crippen LogP) is 3.90. The van der Waals surface area contributed by atoms with Crippen molar-refractivity contribution in [2.24, 2.45) is 0 Å². The standard InChI is InChI=1S/C16H19ClN2/c1-19(2)12-4-6-16-15(5-3-11-18-16)13-7-9-14(17)10-8-13/h3,5,7-11H,4,6,12H2,1-2H3. The fourth-order valence-electron chi connectivity index (χ4n) is 2.09. The number of halogens is 1. The van der Waals surface area contributed by atoms with Crippen molar-refractivity contribution in [3.05, 3.63) is 53.3 Å². The molecule has 0 bridgehead atoms. The molecule has 0 saturated heterocycles. The van der Waals surface area contributed by atoms with E-state index in [1.165, 1.54) is 11.1 Å². The minimum Gasteiger partial charge on any atom is -0.309 e.